The molecule has 0 unspecified atom stereocenters. The van der Waals surface area contributed by atoms with E-state index >= 15 is 0 Å². The Hall–Kier alpha value is -0.830. The first kappa shape index (κ1) is 19.2. The first-order valence-corrected chi connectivity index (χ1v) is 9.22. The van der Waals surface area contributed by atoms with Gasteiger partial charge < -0.3 is 15.2 Å². The third-order valence-corrected chi connectivity index (χ3v) is 6.36. The third-order valence-electron chi connectivity index (χ3n) is 3.82. The minimum absolute atomic E-state index is 0.0878. The van der Waals surface area contributed by atoms with Crippen LogP contribution in [0.3, 0.4) is 0 Å². The minimum atomic E-state index is -3.75. The van der Waals surface area contributed by atoms with Gasteiger partial charge in [0, 0.05) is 22.6 Å². The summed E-state index contributed by atoms with van der Waals surface area (Å²) in [5.41, 5.74) is 5.11. The van der Waals surface area contributed by atoms with Crippen molar-refractivity contribution >= 4 is 26.0 Å². The van der Waals surface area contributed by atoms with Gasteiger partial charge in [-0.25, -0.2) is 13.1 Å². The van der Waals surface area contributed by atoms with Gasteiger partial charge in [-0.3, -0.25) is 0 Å². The van der Waals surface area contributed by atoms with Crippen LogP contribution in [0.5, 0.6) is 11.5 Å². The summed E-state index contributed by atoms with van der Waals surface area (Å²) >= 11 is 3.27. The molecule has 0 heterocycles. The van der Waals surface area contributed by atoms with E-state index in [-0.39, 0.29) is 11.4 Å². The summed E-state index contributed by atoms with van der Waals surface area (Å²) in [6, 6.07) is 2.99. The SMILES string of the molecule is CCC(CC)(CN)NS(=O)(=O)c1cc(OC)c(OC)cc1Br. The molecule has 0 fully saturated rings. The second-order valence-corrected chi connectivity index (χ2v) is 7.44. The highest BCUT2D eigenvalue weighted by Crippen LogP contribution is 2.36. The van der Waals surface area contributed by atoms with Crippen molar-refractivity contribution in [2.24, 2.45) is 5.73 Å². The Morgan fingerprint density at radius 2 is 1.68 bits per heavy atom. The highest BCUT2D eigenvalue weighted by molar-refractivity contribution is 9.10. The van der Waals surface area contributed by atoms with Crippen molar-refractivity contribution in [3.05, 3.63) is 16.6 Å². The standard InChI is InChI=1S/C14H23BrN2O4S/c1-5-14(6-2,9-16)17-22(18,19)13-8-12(21-4)11(20-3)7-10(13)15/h7-8,17H,5-6,9,16H2,1-4H3. The second-order valence-electron chi connectivity index (χ2n) is 4.93. The molecule has 22 heavy (non-hydrogen) atoms. The number of hydrogen-bond acceptors (Lipinski definition) is 5. The van der Waals surface area contributed by atoms with Crippen LogP contribution < -0.4 is 19.9 Å². The molecule has 0 aliphatic carbocycles. The normalized spacial score (nSPS) is 12.3. The van der Waals surface area contributed by atoms with Gasteiger partial charge in [0.05, 0.1) is 14.2 Å². The lowest BCUT2D eigenvalue weighted by molar-refractivity contribution is 0.352. The Labute approximate surface area is 140 Å². The topological polar surface area (TPSA) is 90.7 Å². The van der Waals surface area contributed by atoms with E-state index in [2.05, 4.69) is 20.7 Å². The summed E-state index contributed by atoms with van der Waals surface area (Å²) in [6.45, 7) is 4.04. The summed E-state index contributed by atoms with van der Waals surface area (Å²) < 4.78 is 38.9. The molecule has 0 bridgehead atoms. The van der Waals surface area contributed by atoms with Crippen LogP contribution in [0.2, 0.25) is 0 Å². The summed E-state index contributed by atoms with van der Waals surface area (Å²) in [5.74, 6) is 0.793. The molecule has 6 nitrogen and oxygen atoms in total. The van der Waals surface area contributed by atoms with E-state index in [1.807, 2.05) is 13.8 Å². The van der Waals surface area contributed by atoms with Crippen molar-refractivity contribution in [3.8, 4) is 11.5 Å². The van der Waals surface area contributed by atoms with Gasteiger partial charge in [-0.15, -0.1) is 0 Å². The number of methoxy groups -OCH3 is 2. The fraction of sp³-hybridized carbons (Fsp3) is 0.571. The van der Waals surface area contributed by atoms with Crippen molar-refractivity contribution in [3.63, 3.8) is 0 Å². The number of nitrogens with one attached hydrogen (secondary N) is 1. The van der Waals surface area contributed by atoms with Crippen LogP contribution in [0, 0.1) is 0 Å². The Morgan fingerprint density at radius 1 is 1.18 bits per heavy atom. The van der Waals surface area contributed by atoms with Gasteiger partial charge in [-0.05, 0) is 34.8 Å². The number of ether oxygens (including phenoxy) is 2. The summed E-state index contributed by atoms with van der Waals surface area (Å²) in [5, 5.41) is 0. The van der Waals surface area contributed by atoms with E-state index < -0.39 is 15.6 Å². The third kappa shape index (κ3) is 3.92. The number of rotatable bonds is 8. The minimum Gasteiger partial charge on any atom is -0.493 e. The average molecular weight is 395 g/mol. The zero-order chi connectivity index (χ0) is 17.0. The van der Waals surface area contributed by atoms with E-state index in [1.165, 1.54) is 20.3 Å². The summed E-state index contributed by atoms with van der Waals surface area (Å²) in [4.78, 5) is 0.0878. The lowest BCUT2D eigenvalue weighted by Crippen LogP contribution is -2.52. The quantitative estimate of drug-likeness (QED) is 0.705. The number of halogens is 1. The lowest BCUT2D eigenvalue weighted by Gasteiger charge is -2.31. The molecule has 0 saturated carbocycles. The van der Waals surface area contributed by atoms with Gasteiger partial charge in [0.25, 0.3) is 0 Å². The van der Waals surface area contributed by atoms with E-state index in [0.717, 1.165) is 0 Å². The maximum Gasteiger partial charge on any atom is 0.242 e. The van der Waals surface area contributed by atoms with Gasteiger partial charge in [0.1, 0.15) is 4.90 Å². The fourth-order valence-electron chi connectivity index (χ4n) is 2.11. The Bertz CT molecular complexity index is 607. The molecular weight excluding hydrogens is 372 g/mol. The predicted molar refractivity (Wildman–Crippen MR) is 89.9 cm³/mol. The molecule has 1 aromatic rings. The highest BCUT2D eigenvalue weighted by atomic mass is 79.9. The van der Waals surface area contributed by atoms with E-state index in [4.69, 9.17) is 15.2 Å². The smallest absolute Gasteiger partial charge is 0.242 e. The van der Waals surface area contributed by atoms with Crippen LogP contribution in [0.4, 0.5) is 0 Å². The van der Waals surface area contributed by atoms with Crippen LogP contribution >= 0.6 is 15.9 Å². The van der Waals surface area contributed by atoms with Gasteiger partial charge in [-0.2, -0.15) is 0 Å². The highest BCUT2D eigenvalue weighted by Gasteiger charge is 2.32. The lowest BCUT2D eigenvalue weighted by atomic mass is 9.95. The number of benzene rings is 1. The van der Waals surface area contributed by atoms with Crippen LogP contribution in [-0.4, -0.2) is 34.7 Å². The number of nitrogens with two attached hydrogens (primary N) is 1. The molecule has 0 aliphatic rings. The molecule has 126 valence electrons. The molecule has 0 saturated heterocycles. The first-order valence-electron chi connectivity index (χ1n) is 6.94. The predicted octanol–water partition coefficient (Wildman–Crippen LogP) is 2.26. The van der Waals surface area contributed by atoms with Crippen LogP contribution in [0.25, 0.3) is 0 Å². The largest absolute Gasteiger partial charge is 0.493 e. The van der Waals surface area contributed by atoms with Crippen molar-refractivity contribution in [2.45, 2.75) is 37.1 Å². The molecule has 3 N–H and O–H groups in total. The Kier molecular flexibility index (Phi) is 6.66. The van der Waals surface area contributed by atoms with Crippen LogP contribution in [-0.2, 0) is 10.0 Å². The number of hydrogen-bond donors (Lipinski definition) is 2. The zero-order valence-corrected chi connectivity index (χ0v) is 15.7. The van der Waals surface area contributed by atoms with Crippen molar-refractivity contribution in [1.82, 2.24) is 4.72 Å². The fourth-order valence-corrected chi connectivity index (χ4v) is 4.70. The van der Waals surface area contributed by atoms with Crippen molar-refractivity contribution in [2.75, 3.05) is 20.8 Å². The first-order chi connectivity index (χ1) is 10.3. The molecule has 1 aromatic carbocycles. The van der Waals surface area contributed by atoms with E-state index in [1.54, 1.807) is 6.07 Å². The average Bonchev–Trinajstić information content (AvgIpc) is 2.52. The van der Waals surface area contributed by atoms with E-state index in [0.29, 0.717) is 28.8 Å². The second kappa shape index (κ2) is 7.63. The summed E-state index contributed by atoms with van der Waals surface area (Å²) in [7, 11) is -0.808. The Balaban J connectivity index is 3.34. The molecule has 0 spiro atoms. The maximum absolute atomic E-state index is 12.7. The molecule has 1 rings (SSSR count). The molecule has 0 aliphatic heterocycles. The molecule has 0 atom stereocenters. The van der Waals surface area contributed by atoms with Crippen LogP contribution in [0.1, 0.15) is 26.7 Å². The summed E-state index contributed by atoms with van der Waals surface area (Å²) in [6.07, 6.45) is 1.20. The maximum atomic E-state index is 12.7. The molecule has 0 radical (unpaired) electrons. The molecule has 8 heteroatoms. The molecule has 0 aromatic heterocycles. The van der Waals surface area contributed by atoms with Gasteiger partial charge in [0.2, 0.25) is 10.0 Å². The molecular formula is C14H23BrN2O4S. The Morgan fingerprint density at radius 3 is 2.09 bits per heavy atom. The van der Waals surface area contributed by atoms with E-state index in [9.17, 15) is 8.42 Å². The zero-order valence-electron chi connectivity index (χ0n) is 13.3. The molecule has 0 amide bonds. The van der Waals surface area contributed by atoms with Gasteiger partial charge in [-0.1, -0.05) is 13.8 Å². The number of sulfonamides is 1. The van der Waals surface area contributed by atoms with Gasteiger partial charge >= 0.3 is 0 Å². The van der Waals surface area contributed by atoms with Crippen molar-refractivity contribution < 1.29 is 17.9 Å². The van der Waals surface area contributed by atoms with Crippen LogP contribution in [0.15, 0.2) is 21.5 Å². The monoisotopic (exact) mass is 394 g/mol. The van der Waals surface area contributed by atoms with Crippen molar-refractivity contribution in [1.29, 1.82) is 0 Å². The van der Waals surface area contributed by atoms with Gasteiger partial charge in [0.15, 0.2) is 11.5 Å².